The van der Waals surface area contributed by atoms with Crippen LogP contribution in [0.4, 0.5) is 0 Å². The highest BCUT2D eigenvalue weighted by molar-refractivity contribution is 7.99. The molecule has 0 saturated carbocycles. The van der Waals surface area contributed by atoms with Crippen LogP contribution in [0.1, 0.15) is 43.9 Å². The zero-order chi connectivity index (χ0) is 23.0. The fourth-order valence-electron chi connectivity index (χ4n) is 3.01. The molecule has 2 aromatic carbocycles. The summed E-state index contributed by atoms with van der Waals surface area (Å²) in [5, 5.41) is 4.16. The summed E-state index contributed by atoms with van der Waals surface area (Å²) in [5.41, 5.74) is 2.93. The van der Waals surface area contributed by atoms with Gasteiger partial charge in [0.25, 0.3) is 0 Å². The minimum absolute atomic E-state index is 0.0575. The van der Waals surface area contributed by atoms with E-state index in [1.165, 1.54) is 11.8 Å². The van der Waals surface area contributed by atoms with Crippen molar-refractivity contribution in [1.29, 1.82) is 0 Å². The number of carbonyl (C=O) groups excluding carboxylic acids is 2. The molecule has 4 nitrogen and oxygen atoms in total. The maximum Gasteiger partial charge on any atom is 0.242 e. The Hall–Kier alpha value is -1.69. The third kappa shape index (κ3) is 7.44. The number of halogens is 2. The van der Waals surface area contributed by atoms with Crippen molar-refractivity contribution in [3.8, 4) is 0 Å². The third-order valence-corrected chi connectivity index (χ3v) is 6.96. The van der Waals surface area contributed by atoms with Crippen LogP contribution in [-0.2, 0) is 21.9 Å². The largest absolute Gasteiger partial charge is 0.352 e. The summed E-state index contributed by atoms with van der Waals surface area (Å²) in [4.78, 5) is 27.6. The van der Waals surface area contributed by atoms with Gasteiger partial charge in [0.1, 0.15) is 6.04 Å². The molecule has 0 aromatic heterocycles. The molecule has 168 valence electrons. The van der Waals surface area contributed by atoms with Gasteiger partial charge >= 0.3 is 0 Å². The first-order chi connectivity index (χ1) is 14.7. The van der Waals surface area contributed by atoms with E-state index in [1.807, 2.05) is 45.0 Å². The Bertz CT molecular complexity index is 887. The number of benzene rings is 2. The minimum atomic E-state index is -0.578. The number of thioether (sulfide) groups is 1. The van der Waals surface area contributed by atoms with Gasteiger partial charge in [0, 0.05) is 28.4 Å². The topological polar surface area (TPSA) is 49.4 Å². The summed E-state index contributed by atoms with van der Waals surface area (Å²) in [6, 6.07) is 12.8. The fourth-order valence-corrected chi connectivity index (χ4v) is 4.66. The maximum atomic E-state index is 13.2. The number of aryl methyl sites for hydroxylation is 1. The van der Waals surface area contributed by atoms with Gasteiger partial charge in [-0.2, -0.15) is 0 Å². The number of amides is 2. The van der Waals surface area contributed by atoms with Gasteiger partial charge in [0.15, 0.2) is 0 Å². The summed E-state index contributed by atoms with van der Waals surface area (Å²) in [6.07, 6.45) is 0.832. The summed E-state index contributed by atoms with van der Waals surface area (Å²) in [7, 11) is 0. The van der Waals surface area contributed by atoms with E-state index in [-0.39, 0.29) is 23.6 Å². The van der Waals surface area contributed by atoms with Crippen LogP contribution in [0.15, 0.2) is 42.5 Å². The van der Waals surface area contributed by atoms with E-state index in [4.69, 9.17) is 23.2 Å². The SMILES string of the molecule is CC[C@H](C)NC(=O)[C@@H](C)N(Cc1ccccc1C)C(=O)CSCc1c(Cl)cccc1Cl. The lowest BCUT2D eigenvalue weighted by Gasteiger charge is -2.30. The number of hydrogen-bond acceptors (Lipinski definition) is 3. The van der Waals surface area contributed by atoms with E-state index >= 15 is 0 Å². The Balaban J connectivity index is 2.13. The lowest BCUT2D eigenvalue weighted by Crippen LogP contribution is -2.50. The highest BCUT2D eigenvalue weighted by Crippen LogP contribution is 2.28. The average Bonchev–Trinajstić information content (AvgIpc) is 2.74. The molecule has 0 radical (unpaired) electrons. The van der Waals surface area contributed by atoms with Crippen molar-refractivity contribution in [2.45, 2.75) is 58.5 Å². The first-order valence-corrected chi connectivity index (χ1v) is 12.3. The number of carbonyl (C=O) groups is 2. The van der Waals surface area contributed by atoms with E-state index < -0.39 is 6.04 Å². The number of rotatable bonds is 10. The van der Waals surface area contributed by atoms with Crippen molar-refractivity contribution in [1.82, 2.24) is 10.2 Å². The van der Waals surface area contributed by atoms with Crippen LogP contribution in [0.25, 0.3) is 0 Å². The van der Waals surface area contributed by atoms with Crippen LogP contribution in [0.5, 0.6) is 0 Å². The molecule has 0 aliphatic carbocycles. The van der Waals surface area contributed by atoms with Gasteiger partial charge in [0.2, 0.25) is 11.8 Å². The van der Waals surface area contributed by atoms with Gasteiger partial charge in [-0.05, 0) is 56.0 Å². The van der Waals surface area contributed by atoms with Gasteiger partial charge in [-0.3, -0.25) is 9.59 Å². The Kier molecular flexibility index (Phi) is 10.2. The average molecular weight is 481 g/mol. The second-order valence-electron chi connectivity index (χ2n) is 7.63. The molecule has 0 unspecified atom stereocenters. The summed E-state index contributed by atoms with van der Waals surface area (Å²) < 4.78 is 0. The molecule has 1 N–H and O–H groups in total. The van der Waals surface area contributed by atoms with Gasteiger partial charge in [-0.25, -0.2) is 0 Å². The predicted molar refractivity (Wildman–Crippen MR) is 132 cm³/mol. The second-order valence-corrected chi connectivity index (χ2v) is 9.43. The van der Waals surface area contributed by atoms with Crippen LogP contribution in [0.2, 0.25) is 10.0 Å². The zero-order valence-electron chi connectivity index (χ0n) is 18.5. The van der Waals surface area contributed by atoms with Crippen LogP contribution in [-0.4, -0.2) is 34.6 Å². The molecule has 0 heterocycles. The second kappa shape index (κ2) is 12.4. The van der Waals surface area contributed by atoms with Gasteiger partial charge in [-0.1, -0.05) is 60.5 Å². The lowest BCUT2D eigenvalue weighted by molar-refractivity contribution is -0.138. The highest BCUT2D eigenvalue weighted by Gasteiger charge is 2.27. The smallest absolute Gasteiger partial charge is 0.242 e. The molecule has 0 bridgehead atoms. The molecule has 0 saturated heterocycles. The molecule has 2 atom stereocenters. The molecular formula is C24H30Cl2N2O2S. The lowest BCUT2D eigenvalue weighted by atomic mass is 10.1. The van der Waals surface area contributed by atoms with Crippen molar-refractivity contribution in [3.63, 3.8) is 0 Å². The van der Waals surface area contributed by atoms with Crippen LogP contribution in [0.3, 0.4) is 0 Å². The van der Waals surface area contributed by atoms with Gasteiger partial charge < -0.3 is 10.2 Å². The fraction of sp³-hybridized carbons (Fsp3) is 0.417. The van der Waals surface area contributed by atoms with E-state index in [2.05, 4.69) is 5.32 Å². The number of nitrogens with one attached hydrogen (secondary N) is 1. The molecule has 31 heavy (non-hydrogen) atoms. The Morgan fingerprint density at radius 1 is 1.06 bits per heavy atom. The Morgan fingerprint density at radius 2 is 1.71 bits per heavy atom. The van der Waals surface area contributed by atoms with Crippen LogP contribution in [0, 0.1) is 6.92 Å². The third-order valence-electron chi connectivity index (χ3n) is 5.30. The molecule has 7 heteroatoms. The molecular weight excluding hydrogens is 451 g/mol. The molecule has 2 amide bonds. The van der Waals surface area contributed by atoms with Crippen molar-refractivity contribution in [2.75, 3.05) is 5.75 Å². The van der Waals surface area contributed by atoms with E-state index in [0.29, 0.717) is 22.3 Å². The Morgan fingerprint density at radius 3 is 2.32 bits per heavy atom. The normalized spacial score (nSPS) is 12.8. The van der Waals surface area contributed by atoms with Gasteiger partial charge in [0.05, 0.1) is 5.75 Å². The molecule has 2 aromatic rings. The molecule has 0 aliphatic heterocycles. The van der Waals surface area contributed by atoms with Crippen LogP contribution < -0.4 is 5.32 Å². The first kappa shape index (κ1) is 25.6. The maximum absolute atomic E-state index is 13.2. The van der Waals surface area contributed by atoms with Crippen LogP contribution >= 0.6 is 35.0 Å². The molecule has 2 rings (SSSR count). The van der Waals surface area contributed by atoms with Crippen molar-refractivity contribution >= 4 is 46.8 Å². The van der Waals surface area contributed by atoms with Crippen molar-refractivity contribution < 1.29 is 9.59 Å². The quantitative estimate of drug-likeness (QED) is 0.462. The van der Waals surface area contributed by atoms with Crippen molar-refractivity contribution in [3.05, 3.63) is 69.2 Å². The van der Waals surface area contributed by atoms with Gasteiger partial charge in [-0.15, -0.1) is 11.8 Å². The molecule has 0 spiro atoms. The Labute approximate surface area is 199 Å². The first-order valence-electron chi connectivity index (χ1n) is 10.4. The number of hydrogen-bond donors (Lipinski definition) is 1. The van der Waals surface area contributed by atoms with E-state index in [1.54, 1.807) is 30.0 Å². The molecule has 0 aliphatic rings. The summed E-state index contributed by atoms with van der Waals surface area (Å²) in [5.74, 6) is 0.517. The predicted octanol–water partition coefficient (Wildman–Crippen LogP) is 5.87. The zero-order valence-corrected chi connectivity index (χ0v) is 20.8. The molecule has 0 fully saturated rings. The summed E-state index contributed by atoms with van der Waals surface area (Å²) >= 11 is 13.9. The van der Waals surface area contributed by atoms with E-state index in [9.17, 15) is 9.59 Å². The minimum Gasteiger partial charge on any atom is -0.352 e. The van der Waals surface area contributed by atoms with E-state index in [0.717, 1.165) is 23.1 Å². The standard InChI is InChI=1S/C24H30Cl2N2O2S/c1-5-17(3)27-24(30)18(4)28(13-19-10-7-6-9-16(19)2)23(29)15-31-14-20-21(25)11-8-12-22(20)26/h6-12,17-18H,5,13-15H2,1-4H3,(H,27,30)/t17-,18+/m0/s1. The van der Waals surface area contributed by atoms with Crippen molar-refractivity contribution in [2.24, 2.45) is 0 Å². The summed E-state index contributed by atoms with van der Waals surface area (Å²) in [6.45, 7) is 8.15. The number of nitrogens with zero attached hydrogens (tertiary/aromatic N) is 1. The monoisotopic (exact) mass is 480 g/mol. The highest BCUT2D eigenvalue weighted by atomic mass is 35.5.